The van der Waals surface area contributed by atoms with Crippen molar-refractivity contribution in [3.05, 3.63) is 101 Å². The van der Waals surface area contributed by atoms with Gasteiger partial charge in [-0.3, -0.25) is 14.5 Å². The molecule has 0 fully saturated rings. The number of anilines is 1. The number of halogens is 1. The van der Waals surface area contributed by atoms with Gasteiger partial charge < -0.3 is 10.1 Å². The van der Waals surface area contributed by atoms with Crippen molar-refractivity contribution >= 4 is 34.7 Å². The molecular weight excluding hydrogens is 436 g/mol. The summed E-state index contributed by atoms with van der Waals surface area (Å²) in [7, 11) is 0. The molecule has 0 saturated carbocycles. The number of ether oxygens (including phenoxy) is 1. The lowest BCUT2D eigenvalue weighted by Gasteiger charge is -2.15. The molecule has 33 heavy (non-hydrogen) atoms. The van der Waals surface area contributed by atoms with Gasteiger partial charge in [0.15, 0.2) is 0 Å². The standard InChI is InChI=1S/C27H25ClN2O3/c1-18(2)33-23-14-12-22(13-15-23)29-25-24(20-8-10-21(28)11-9-20)26(31)30(27(25)32)17-16-19-6-4-3-5-7-19/h3-15,18,29H,16-17H2,1-2H3. The van der Waals surface area contributed by atoms with E-state index in [1.54, 1.807) is 24.3 Å². The first-order valence-electron chi connectivity index (χ1n) is 10.9. The Morgan fingerprint density at radius 1 is 0.879 bits per heavy atom. The van der Waals surface area contributed by atoms with Crippen LogP contribution in [0.5, 0.6) is 5.75 Å². The first kappa shape index (κ1) is 22.6. The highest BCUT2D eigenvalue weighted by Gasteiger charge is 2.38. The molecule has 1 aliphatic rings. The van der Waals surface area contributed by atoms with Gasteiger partial charge in [0.1, 0.15) is 11.4 Å². The van der Waals surface area contributed by atoms with E-state index in [1.807, 2.05) is 68.4 Å². The van der Waals surface area contributed by atoms with Gasteiger partial charge in [0.2, 0.25) is 0 Å². The zero-order valence-corrected chi connectivity index (χ0v) is 19.3. The van der Waals surface area contributed by atoms with Gasteiger partial charge in [0.25, 0.3) is 11.8 Å². The molecule has 0 aromatic heterocycles. The van der Waals surface area contributed by atoms with Gasteiger partial charge in [-0.25, -0.2) is 0 Å². The number of amides is 2. The Bertz CT molecular complexity index is 1170. The molecule has 1 aliphatic heterocycles. The minimum absolute atomic E-state index is 0.0650. The van der Waals surface area contributed by atoms with E-state index in [0.29, 0.717) is 34.8 Å². The molecule has 4 rings (SSSR count). The summed E-state index contributed by atoms with van der Waals surface area (Å²) >= 11 is 6.04. The smallest absolute Gasteiger partial charge is 0.278 e. The van der Waals surface area contributed by atoms with Crippen LogP contribution < -0.4 is 10.1 Å². The average molecular weight is 461 g/mol. The van der Waals surface area contributed by atoms with Crippen LogP contribution in [0.1, 0.15) is 25.0 Å². The van der Waals surface area contributed by atoms with Crippen molar-refractivity contribution in [1.82, 2.24) is 4.90 Å². The number of hydrogen-bond donors (Lipinski definition) is 1. The number of rotatable bonds is 8. The predicted octanol–water partition coefficient (Wildman–Crippen LogP) is 5.56. The van der Waals surface area contributed by atoms with Gasteiger partial charge in [0.05, 0.1) is 11.7 Å². The first-order valence-corrected chi connectivity index (χ1v) is 11.2. The maximum absolute atomic E-state index is 13.4. The predicted molar refractivity (Wildman–Crippen MR) is 131 cm³/mol. The van der Waals surface area contributed by atoms with Crippen molar-refractivity contribution < 1.29 is 14.3 Å². The summed E-state index contributed by atoms with van der Waals surface area (Å²) in [6.45, 7) is 4.22. The second-order valence-electron chi connectivity index (χ2n) is 8.07. The van der Waals surface area contributed by atoms with Crippen LogP contribution in [-0.4, -0.2) is 29.4 Å². The lowest BCUT2D eigenvalue weighted by atomic mass is 10.0. The van der Waals surface area contributed by atoms with Crippen LogP contribution in [0.4, 0.5) is 5.69 Å². The Morgan fingerprint density at radius 2 is 1.55 bits per heavy atom. The Labute approximate surface area is 198 Å². The van der Waals surface area contributed by atoms with Crippen molar-refractivity contribution in [2.45, 2.75) is 26.4 Å². The normalized spacial score (nSPS) is 13.8. The molecule has 1 N–H and O–H groups in total. The van der Waals surface area contributed by atoms with Crippen LogP contribution in [0, 0.1) is 0 Å². The molecule has 1 heterocycles. The van der Waals surface area contributed by atoms with E-state index < -0.39 is 0 Å². The summed E-state index contributed by atoms with van der Waals surface area (Å²) in [6.07, 6.45) is 0.649. The second-order valence-corrected chi connectivity index (χ2v) is 8.51. The molecule has 3 aromatic carbocycles. The highest BCUT2D eigenvalue weighted by atomic mass is 35.5. The van der Waals surface area contributed by atoms with E-state index >= 15 is 0 Å². The Hall–Kier alpha value is -3.57. The number of carbonyl (C=O) groups is 2. The molecule has 0 radical (unpaired) electrons. The molecule has 6 heteroatoms. The van der Waals surface area contributed by atoms with Gasteiger partial charge in [0, 0.05) is 17.3 Å². The third-order valence-corrected chi connectivity index (χ3v) is 5.52. The van der Waals surface area contributed by atoms with Crippen LogP contribution in [0.2, 0.25) is 5.02 Å². The summed E-state index contributed by atoms with van der Waals surface area (Å²) in [4.78, 5) is 28.0. The SMILES string of the molecule is CC(C)Oc1ccc(NC2=C(c3ccc(Cl)cc3)C(=O)N(CCc3ccccc3)C2=O)cc1. The summed E-state index contributed by atoms with van der Waals surface area (Å²) < 4.78 is 5.69. The first-order chi connectivity index (χ1) is 15.9. The Kier molecular flexibility index (Phi) is 6.80. The van der Waals surface area contributed by atoms with Crippen LogP contribution in [0.3, 0.4) is 0 Å². The molecule has 3 aromatic rings. The van der Waals surface area contributed by atoms with Crippen LogP contribution >= 0.6 is 11.6 Å². The zero-order valence-electron chi connectivity index (χ0n) is 18.5. The topological polar surface area (TPSA) is 58.6 Å². The van der Waals surface area contributed by atoms with E-state index in [9.17, 15) is 9.59 Å². The minimum atomic E-state index is -0.344. The van der Waals surface area contributed by atoms with E-state index in [-0.39, 0.29) is 23.6 Å². The van der Waals surface area contributed by atoms with Gasteiger partial charge in [-0.2, -0.15) is 0 Å². The third-order valence-electron chi connectivity index (χ3n) is 5.26. The van der Waals surface area contributed by atoms with E-state index in [0.717, 1.165) is 11.3 Å². The lowest BCUT2D eigenvalue weighted by Crippen LogP contribution is -2.34. The fourth-order valence-corrected chi connectivity index (χ4v) is 3.82. The van der Waals surface area contributed by atoms with E-state index in [2.05, 4.69) is 5.32 Å². The molecule has 0 spiro atoms. The zero-order chi connectivity index (χ0) is 23.4. The van der Waals surface area contributed by atoms with Gasteiger partial charge in [-0.05, 0) is 67.8 Å². The minimum Gasteiger partial charge on any atom is -0.491 e. The Morgan fingerprint density at radius 3 is 2.18 bits per heavy atom. The highest BCUT2D eigenvalue weighted by Crippen LogP contribution is 2.31. The highest BCUT2D eigenvalue weighted by molar-refractivity contribution is 6.36. The molecule has 0 saturated heterocycles. The molecule has 0 bridgehead atoms. The third kappa shape index (κ3) is 5.26. The number of carbonyl (C=O) groups excluding carboxylic acids is 2. The summed E-state index contributed by atoms with van der Waals surface area (Å²) in [5, 5.41) is 3.73. The molecule has 0 atom stereocenters. The maximum Gasteiger partial charge on any atom is 0.278 e. The lowest BCUT2D eigenvalue weighted by molar-refractivity contribution is -0.136. The van der Waals surface area contributed by atoms with Gasteiger partial charge in [-0.15, -0.1) is 0 Å². The average Bonchev–Trinajstić information content (AvgIpc) is 3.03. The molecule has 168 valence electrons. The summed E-state index contributed by atoms with van der Waals surface area (Å²) in [5.74, 6) is 0.0738. The Balaban J connectivity index is 1.62. The fourth-order valence-electron chi connectivity index (χ4n) is 3.70. The van der Waals surface area contributed by atoms with E-state index in [4.69, 9.17) is 16.3 Å². The molecule has 2 amide bonds. The second kappa shape index (κ2) is 9.92. The summed E-state index contributed by atoms with van der Waals surface area (Å²) in [6, 6.07) is 24.1. The molecule has 0 aliphatic carbocycles. The monoisotopic (exact) mass is 460 g/mol. The van der Waals surface area contributed by atoms with Crippen molar-refractivity contribution in [2.24, 2.45) is 0 Å². The quantitative estimate of drug-likeness (QED) is 0.447. The van der Waals surface area contributed by atoms with Crippen LogP contribution in [0.15, 0.2) is 84.6 Å². The van der Waals surface area contributed by atoms with Gasteiger partial charge in [-0.1, -0.05) is 54.1 Å². The van der Waals surface area contributed by atoms with Gasteiger partial charge >= 0.3 is 0 Å². The van der Waals surface area contributed by atoms with Crippen molar-refractivity contribution in [3.63, 3.8) is 0 Å². The fraction of sp³-hybridized carbons (Fsp3) is 0.185. The summed E-state index contributed by atoms with van der Waals surface area (Å²) in [5.41, 5.74) is 2.99. The number of nitrogens with zero attached hydrogens (tertiary/aromatic N) is 1. The van der Waals surface area contributed by atoms with Crippen molar-refractivity contribution in [1.29, 1.82) is 0 Å². The number of imide groups is 1. The van der Waals surface area contributed by atoms with Crippen LogP contribution in [-0.2, 0) is 16.0 Å². The largest absolute Gasteiger partial charge is 0.491 e. The number of nitrogens with one attached hydrogen (secondary N) is 1. The van der Waals surface area contributed by atoms with Crippen molar-refractivity contribution in [3.8, 4) is 5.75 Å². The number of hydrogen-bond acceptors (Lipinski definition) is 4. The van der Waals surface area contributed by atoms with Crippen LogP contribution in [0.25, 0.3) is 5.57 Å². The maximum atomic E-state index is 13.4. The molecule has 0 unspecified atom stereocenters. The molecular formula is C27H25ClN2O3. The molecule has 5 nitrogen and oxygen atoms in total. The van der Waals surface area contributed by atoms with E-state index in [1.165, 1.54) is 4.90 Å². The number of benzene rings is 3. The van der Waals surface area contributed by atoms with Crippen molar-refractivity contribution in [2.75, 3.05) is 11.9 Å².